The Morgan fingerprint density at radius 3 is 1.57 bits per heavy atom. The maximum Gasteiger partial charge on any atom is 0.306 e. The van der Waals surface area contributed by atoms with Crippen molar-refractivity contribution in [2.75, 3.05) is 19.8 Å². The normalized spacial score (nSPS) is 13.9. The number of nitrogens with zero attached hydrogens (tertiary/aromatic N) is 1. The number of carbonyl (C=O) groups is 1. The number of aliphatic hydroxyl groups is 1. The van der Waals surface area contributed by atoms with Gasteiger partial charge in [0.1, 0.15) is 11.8 Å². The minimum atomic E-state index is -0.782. The van der Waals surface area contributed by atoms with Gasteiger partial charge in [0.25, 0.3) is 0 Å². The molecule has 0 amide bonds. The van der Waals surface area contributed by atoms with Crippen molar-refractivity contribution < 1.29 is 14.6 Å². The molecule has 1 N–H and O–H groups in total. The van der Waals surface area contributed by atoms with Gasteiger partial charge in [-0.05, 0) is 51.6 Å². The van der Waals surface area contributed by atoms with Crippen molar-refractivity contribution in [2.45, 2.75) is 43.8 Å². The van der Waals surface area contributed by atoms with Crippen LogP contribution in [0.15, 0.2) is 91.0 Å². The smallest absolute Gasteiger partial charge is 0.306 e. The molecule has 0 aromatic heterocycles. The number of hydrogen-bond acceptors (Lipinski definition) is 5. The molecule has 3 aromatic rings. The second-order valence-electron chi connectivity index (χ2n) is 10.0. The minimum absolute atomic E-state index is 0.137. The van der Waals surface area contributed by atoms with Gasteiger partial charge >= 0.3 is 5.97 Å². The van der Waals surface area contributed by atoms with Crippen molar-refractivity contribution in [3.05, 3.63) is 108 Å². The summed E-state index contributed by atoms with van der Waals surface area (Å²) in [5.74, 6) is -0.0637. The molecule has 35 heavy (non-hydrogen) atoms. The first-order valence-electron chi connectivity index (χ1n) is 12.0. The van der Waals surface area contributed by atoms with Crippen molar-refractivity contribution in [3.63, 3.8) is 0 Å². The fraction of sp³-hybridized carbons (Fsp3) is 0.367. The van der Waals surface area contributed by atoms with Gasteiger partial charge in [-0.15, -0.1) is 11.8 Å². The Kier molecular flexibility index (Phi) is 9.17. The Labute approximate surface area is 214 Å². The molecule has 4 nitrogen and oxygen atoms in total. The maximum atomic E-state index is 12.8. The summed E-state index contributed by atoms with van der Waals surface area (Å²) >= 11 is 1.75. The van der Waals surface area contributed by atoms with E-state index in [4.69, 9.17) is 4.74 Å². The van der Waals surface area contributed by atoms with Crippen molar-refractivity contribution in [1.29, 1.82) is 0 Å². The molecule has 2 atom stereocenters. The Morgan fingerprint density at radius 2 is 1.23 bits per heavy atom. The van der Waals surface area contributed by atoms with Gasteiger partial charge in [-0.1, -0.05) is 91.0 Å². The highest BCUT2D eigenvalue weighted by Gasteiger charge is 2.39. The fourth-order valence-corrected chi connectivity index (χ4v) is 5.93. The lowest BCUT2D eigenvalue weighted by molar-refractivity contribution is -0.157. The first-order valence-corrected chi connectivity index (χ1v) is 13.0. The first-order chi connectivity index (χ1) is 16.6. The molecule has 0 heterocycles. The molecular weight excluding hydrogens is 454 g/mol. The van der Waals surface area contributed by atoms with Crippen LogP contribution < -0.4 is 0 Å². The highest BCUT2D eigenvalue weighted by Crippen LogP contribution is 2.49. The molecule has 0 aliphatic heterocycles. The molecule has 0 fully saturated rings. The van der Waals surface area contributed by atoms with Crippen LogP contribution in [0.3, 0.4) is 0 Å². The molecule has 0 spiro atoms. The van der Waals surface area contributed by atoms with E-state index in [-0.39, 0.29) is 18.3 Å². The lowest BCUT2D eigenvalue weighted by Gasteiger charge is -2.37. The van der Waals surface area contributed by atoms with Crippen LogP contribution in [0.5, 0.6) is 0 Å². The molecule has 0 radical (unpaired) electrons. The first kappa shape index (κ1) is 27.0. The average molecular weight is 492 g/mol. The SMILES string of the molecule is CN(C)C(O)C(CSC(c1ccccc1)(c1ccccc1)c1ccccc1)CC(=O)OC(C)(C)C. The Morgan fingerprint density at radius 1 is 0.829 bits per heavy atom. The summed E-state index contributed by atoms with van der Waals surface area (Å²) < 4.78 is 5.09. The number of aliphatic hydroxyl groups excluding tert-OH is 1. The van der Waals surface area contributed by atoms with Gasteiger partial charge in [0.2, 0.25) is 0 Å². The molecule has 186 valence electrons. The molecule has 0 bridgehead atoms. The Balaban J connectivity index is 2.05. The van der Waals surface area contributed by atoms with Gasteiger partial charge in [-0.25, -0.2) is 0 Å². The number of ether oxygens (including phenoxy) is 1. The zero-order valence-corrected chi connectivity index (χ0v) is 22.2. The Bertz CT molecular complexity index is 953. The van der Waals surface area contributed by atoms with Gasteiger partial charge < -0.3 is 9.84 Å². The van der Waals surface area contributed by atoms with E-state index in [0.717, 1.165) is 16.7 Å². The molecule has 0 aliphatic rings. The van der Waals surface area contributed by atoms with Crippen LogP contribution in [-0.2, 0) is 14.3 Å². The third kappa shape index (κ3) is 6.97. The zero-order valence-electron chi connectivity index (χ0n) is 21.3. The van der Waals surface area contributed by atoms with E-state index in [9.17, 15) is 9.90 Å². The van der Waals surface area contributed by atoms with Crippen LogP contribution in [0.2, 0.25) is 0 Å². The van der Waals surface area contributed by atoms with Crippen molar-refractivity contribution >= 4 is 17.7 Å². The second kappa shape index (κ2) is 11.9. The number of benzene rings is 3. The van der Waals surface area contributed by atoms with E-state index in [1.165, 1.54) is 0 Å². The largest absolute Gasteiger partial charge is 0.460 e. The maximum absolute atomic E-state index is 12.8. The molecular formula is C30H37NO3S. The summed E-state index contributed by atoms with van der Waals surface area (Å²) in [4.78, 5) is 14.5. The monoisotopic (exact) mass is 491 g/mol. The fourth-order valence-electron chi connectivity index (χ4n) is 4.27. The molecule has 0 aliphatic carbocycles. The predicted octanol–water partition coefficient (Wildman–Crippen LogP) is 5.94. The summed E-state index contributed by atoms with van der Waals surface area (Å²) in [5, 5.41) is 11.0. The quantitative estimate of drug-likeness (QED) is 0.216. The molecule has 3 rings (SSSR count). The lowest BCUT2D eigenvalue weighted by Crippen LogP contribution is -2.39. The van der Waals surface area contributed by atoms with Crippen LogP contribution >= 0.6 is 11.8 Å². The molecule has 0 saturated carbocycles. The standard InChI is InChI=1S/C30H37NO3S/c1-29(2,3)34-27(32)21-23(28(33)31(4)5)22-35-30(24-15-9-6-10-16-24,25-17-11-7-12-18-25)26-19-13-8-14-20-26/h6-20,23,28,33H,21-22H2,1-5H3. The summed E-state index contributed by atoms with van der Waals surface area (Å²) in [6.45, 7) is 5.59. The third-order valence-corrected chi connectivity index (χ3v) is 7.59. The van der Waals surface area contributed by atoms with E-state index >= 15 is 0 Å². The van der Waals surface area contributed by atoms with Crippen LogP contribution in [0.1, 0.15) is 43.9 Å². The highest BCUT2D eigenvalue weighted by molar-refractivity contribution is 8.00. The Hall–Kier alpha value is -2.60. The summed E-state index contributed by atoms with van der Waals surface area (Å²) in [5.41, 5.74) is 2.88. The molecule has 3 aromatic carbocycles. The van der Waals surface area contributed by atoms with E-state index in [0.29, 0.717) is 5.75 Å². The zero-order chi connectivity index (χ0) is 25.5. The molecule has 0 saturated heterocycles. The van der Waals surface area contributed by atoms with E-state index in [1.807, 2.05) is 53.1 Å². The van der Waals surface area contributed by atoms with Crippen LogP contribution in [-0.4, -0.2) is 47.7 Å². The van der Waals surface area contributed by atoms with E-state index in [1.54, 1.807) is 16.7 Å². The van der Waals surface area contributed by atoms with Crippen LogP contribution in [0, 0.1) is 5.92 Å². The minimum Gasteiger partial charge on any atom is -0.460 e. The van der Waals surface area contributed by atoms with Crippen LogP contribution in [0.4, 0.5) is 0 Å². The van der Waals surface area contributed by atoms with E-state index < -0.39 is 16.6 Å². The summed E-state index contributed by atoms with van der Waals surface area (Å²) in [6, 6.07) is 31.3. The topological polar surface area (TPSA) is 49.8 Å². The summed E-state index contributed by atoms with van der Waals surface area (Å²) in [7, 11) is 3.66. The average Bonchev–Trinajstić information content (AvgIpc) is 2.84. The van der Waals surface area contributed by atoms with Crippen LogP contribution in [0.25, 0.3) is 0 Å². The van der Waals surface area contributed by atoms with Gasteiger partial charge in [-0.3, -0.25) is 9.69 Å². The van der Waals surface area contributed by atoms with Gasteiger partial charge in [0.05, 0.1) is 11.2 Å². The van der Waals surface area contributed by atoms with Gasteiger partial charge in [0, 0.05) is 11.7 Å². The highest BCUT2D eigenvalue weighted by atomic mass is 32.2. The number of rotatable bonds is 10. The van der Waals surface area contributed by atoms with E-state index in [2.05, 4.69) is 72.8 Å². The third-order valence-electron chi connectivity index (χ3n) is 5.85. The molecule has 5 heteroatoms. The second-order valence-corrected chi connectivity index (χ2v) is 11.3. The predicted molar refractivity (Wildman–Crippen MR) is 145 cm³/mol. The lowest BCUT2D eigenvalue weighted by atomic mass is 9.84. The number of thioether (sulfide) groups is 1. The van der Waals surface area contributed by atoms with Gasteiger partial charge in [-0.2, -0.15) is 0 Å². The number of carbonyl (C=O) groups excluding carboxylic acids is 1. The number of esters is 1. The summed E-state index contributed by atoms with van der Waals surface area (Å²) in [6.07, 6.45) is -0.645. The van der Waals surface area contributed by atoms with Gasteiger partial charge in [0.15, 0.2) is 0 Å². The number of hydrogen-bond donors (Lipinski definition) is 1. The van der Waals surface area contributed by atoms with Crippen molar-refractivity contribution in [2.24, 2.45) is 5.92 Å². The van der Waals surface area contributed by atoms with Crippen molar-refractivity contribution in [3.8, 4) is 0 Å². The van der Waals surface area contributed by atoms with Crippen molar-refractivity contribution in [1.82, 2.24) is 4.90 Å². The molecule has 2 unspecified atom stereocenters.